The molecule has 3 N–H and O–H groups in total. The molecule has 2 fully saturated rings. The molecule has 1 aromatic carbocycles. The first kappa shape index (κ1) is 13.4. The van der Waals surface area contributed by atoms with Crippen LogP contribution < -0.4 is 11.1 Å². The molecule has 108 valence electrons. The number of carbonyl (C=O) groups is 1. The first-order valence-corrected chi connectivity index (χ1v) is 6.96. The van der Waals surface area contributed by atoms with Crippen molar-refractivity contribution < 1.29 is 14.3 Å². The maximum atomic E-state index is 12.1. The van der Waals surface area contributed by atoms with Gasteiger partial charge < -0.3 is 20.5 Å². The topological polar surface area (TPSA) is 73.6 Å². The number of nitrogens with one attached hydrogen (secondary N) is 1. The molecule has 0 amide bonds. The van der Waals surface area contributed by atoms with Gasteiger partial charge in [-0.25, -0.2) is 0 Å². The van der Waals surface area contributed by atoms with E-state index in [-0.39, 0.29) is 17.9 Å². The number of nitrogen functional groups attached to an aromatic ring is 1. The lowest BCUT2D eigenvalue weighted by atomic mass is 9.79. The zero-order valence-electron chi connectivity index (χ0n) is 11.5. The molecule has 2 aliphatic rings. The van der Waals surface area contributed by atoms with E-state index in [0.717, 1.165) is 24.3 Å². The molecule has 5 heteroatoms. The van der Waals surface area contributed by atoms with E-state index in [0.29, 0.717) is 18.6 Å². The predicted molar refractivity (Wildman–Crippen MR) is 75.0 cm³/mol. The molecule has 2 aliphatic heterocycles. The fourth-order valence-corrected chi connectivity index (χ4v) is 3.24. The second kappa shape index (κ2) is 5.42. The number of anilines is 1. The van der Waals surface area contributed by atoms with Crippen LogP contribution in [0.5, 0.6) is 0 Å². The summed E-state index contributed by atoms with van der Waals surface area (Å²) in [6, 6.07) is 7.95. The van der Waals surface area contributed by atoms with Crippen molar-refractivity contribution in [3.63, 3.8) is 0 Å². The molecule has 0 bridgehead atoms. The molecule has 0 radical (unpaired) electrons. The molecule has 5 nitrogen and oxygen atoms in total. The number of ether oxygens (including phenoxy) is 2. The molecule has 0 aliphatic carbocycles. The first-order valence-electron chi connectivity index (χ1n) is 6.96. The minimum absolute atomic E-state index is 0.0361. The Morgan fingerprint density at radius 1 is 1.35 bits per heavy atom. The summed E-state index contributed by atoms with van der Waals surface area (Å²) in [5.41, 5.74) is 7.52. The zero-order chi connectivity index (χ0) is 14.1. The van der Waals surface area contributed by atoms with Crippen molar-refractivity contribution in [1.82, 2.24) is 5.32 Å². The third-order valence-corrected chi connectivity index (χ3v) is 4.35. The number of hydrogen-bond donors (Lipinski definition) is 2. The third kappa shape index (κ3) is 2.39. The quantitative estimate of drug-likeness (QED) is 0.625. The largest absolute Gasteiger partial charge is 0.469 e. The van der Waals surface area contributed by atoms with Crippen LogP contribution in [0, 0.1) is 11.8 Å². The number of piperidine rings is 1. The highest BCUT2D eigenvalue weighted by Gasteiger charge is 2.43. The van der Waals surface area contributed by atoms with Gasteiger partial charge >= 0.3 is 5.97 Å². The van der Waals surface area contributed by atoms with E-state index in [1.807, 2.05) is 24.3 Å². The summed E-state index contributed by atoms with van der Waals surface area (Å²) in [6.07, 6.45) is 0.805. The van der Waals surface area contributed by atoms with Crippen molar-refractivity contribution in [2.24, 2.45) is 11.8 Å². The summed E-state index contributed by atoms with van der Waals surface area (Å²) in [6.45, 7) is 1.43. The highest BCUT2D eigenvalue weighted by molar-refractivity contribution is 5.73. The summed E-state index contributed by atoms with van der Waals surface area (Å²) >= 11 is 0. The molecule has 4 atom stereocenters. The minimum Gasteiger partial charge on any atom is -0.469 e. The van der Waals surface area contributed by atoms with Crippen LogP contribution in [0.2, 0.25) is 0 Å². The predicted octanol–water partition coefficient (Wildman–Crippen LogP) is 1.11. The lowest BCUT2D eigenvalue weighted by molar-refractivity contribution is -0.148. The fraction of sp³-hybridized carbons (Fsp3) is 0.533. The van der Waals surface area contributed by atoms with E-state index in [1.54, 1.807) is 0 Å². The van der Waals surface area contributed by atoms with Crippen LogP contribution in [0.15, 0.2) is 24.3 Å². The SMILES string of the molecule is COC(=O)[C@H]1CC2COCC2N[C@H]1c1ccc(N)cc1. The minimum atomic E-state index is -0.174. The van der Waals surface area contributed by atoms with Crippen molar-refractivity contribution in [2.45, 2.75) is 18.5 Å². The van der Waals surface area contributed by atoms with Crippen LogP contribution in [0.4, 0.5) is 5.69 Å². The van der Waals surface area contributed by atoms with Crippen LogP contribution in [0.3, 0.4) is 0 Å². The van der Waals surface area contributed by atoms with E-state index >= 15 is 0 Å². The van der Waals surface area contributed by atoms with Crippen LogP contribution in [-0.4, -0.2) is 32.3 Å². The number of benzene rings is 1. The van der Waals surface area contributed by atoms with E-state index < -0.39 is 0 Å². The molecular weight excluding hydrogens is 256 g/mol. The second-order valence-electron chi connectivity index (χ2n) is 5.58. The Kier molecular flexibility index (Phi) is 3.63. The standard InChI is InChI=1S/C15H20N2O3/c1-19-15(18)12-6-10-7-20-8-13(10)17-14(12)9-2-4-11(16)5-3-9/h2-5,10,12-14,17H,6-8,16H2,1H3/t10?,12-,13?,14-/m0/s1. The van der Waals surface area contributed by atoms with Crippen molar-refractivity contribution in [3.05, 3.63) is 29.8 Å². The van der Waals surface area contributed by atoms with Crippen molar-refractivity contribution in [3.8, 4) is 0 Å². The van der Waals surface area contributed by atoms with E-state index in [9.17, 15) is 4.79 Å². The first-order chi connectivity index (χ1) is 9.69. The van der Waals surface area contributed by atoms with E-state index in [4.69, 9.17) is 15.2 Å². The summed E-state index contributed by atoms with van der Waals surface area (Å²) in [5.74, 6) is 0.0559. The van der Waals surface area contributed by atoms with Crippen LogP contribution in [0.1, 0.15) is 18.0 Å². The zero-order valence-corrected chi connectivity index (χ0v) is 11.5. The van der Waals surface area contributed by atoms with E-state index in [1.165, 1.54) is 7.11 Å². The van der Waals surface area contributed by atoms with Crippen LogP contribution >= 0.6 is 0 Å². The van der Waals surface area contributed by atoms with Gasteiger partial charge in [-0.05, 0) is 24.1 Å². The van der Waals surface area contributed by atoms with Gasteiger partial charge in [0.15, 0.2) is 0 Å². The lowest BCUT2D eigenvalue weighted by Crippen LogP contribution is -2.49. The van der Waals surface area contributed by atoms with E-state index in [2.05, 4.69) is 5.32 Å². The number of rotatable bonds is 2. The van der Waals surface area contributed by atoms with Gasteiger partial charge in [0.1, 0.15) is 0 Å². The van der Waals surface area contributed by atoms with Gasteiger partial charge in [0, 0.05) is 23.7 Å². The smallest absolute Gasteiger partial charge is 0.310 e. The molecule has 3 rings (SSSR count). The number of fused-ring (bicyclic) bond motifs is 1. The maximum Gasteiger partial charge on any atom is 0.310 e. The Bertz CT molecular complexity index is 488. The Morgan fingerprint density at radius 2 is 2.10 bits per heavy atom. The monoisotopic (exact) mass is 276 g/mol. The highest BCUT2D eigenvalue weighted by Crippen LogP contribution is 2.37. The molecule has 0 aromatic heterocycles. The van der Waals surface area contributed by atoms with Crippen molar-refractivity contribution >= 4 is 11.7 Å². The lowest BCUT2D eigenvalue weighted by Gasteiger charge is -2.37. The molecule has 2 saturated heterocycles. The normalized spacial score (nSPS) is 32.6. The Hall–Kier alpha value is -1.59. The van der Waals surface area contributed by atoms with Gasteiger partial charge in [0.05, 0.1) is 26.2 Å². The third-order valence-electron chi connectivity index (χ3n) is 4.35. The average Bonchev–Trinajstić information content (AvgIpc) is 2.93. The second-order valence-corrected chi connectivity index (χ2v) is 5.58. The van der Waals surface area contributed by atoms with Gasteiger partial charge in [-0.1, -0.05) is 12.1 Å². The van der Waals surface area contributed by atoms with Crippen molar-refractivity contribution in [1.29, 1.82) is 0 Å². The summed E-state index contributed by atoms with van der Waals surface area (Å²) in [5, 5.41) is 3.55. The van der Waals surface area contributed by atoms with Gasteiger partial charge in [0.25, 0.3) is 0 Å². The molecule has 0 saturated carbocycles. The summed E-state index contributed by atoms with van der Waals surface area (Å²) in [7, 11) is 1.44. The summed E-state index contributed by atoms with van der Waals surface area (Å²) in [4.78, 5) is 12.1. The molecule has 20 heavy (non-hydrogen) atoms. The van der Waals surface area contributed by atoms with Crippen molar-refractivity contribution in [2.75, 3.05) is 26.1 Å². The number of esters is 1. The number of hydrogen-bond acceptors (Lipinski definition) is 5. The van der Waals surface area contributed by atoms with Gasteiger partial charge in [-0.15, -0.1) is 0 Å². The number of carbonyl (C=O) groups excluding carboxylic acids is 1. The Balaban J connectivity index is 1.88. The highest BCUT2D eigenvalue weighted by atomic mass is 16.5. The molecule has 2 heterocycles. The Morgan fingerprint density at radius 3 is 2.80 bits per heavy atom. The Labute approximate surface area is 118 Å². The van der Waals surface area contributed by atoms with Gasteiger partial charge in [0.2, 0.25) is 0 Å². The maximum absolute atomic E-state index is 12.1. The molecule has 1 aromatic rings. The number of nitrogens with two attached hydrogens (primary N) is 1. The van der Waals surface area contributed by atoms with Crippen LogP contribution in [0.25, 0.3) is 0 Å². The molecule has 0 spiro atoms. The fourth-order valence-electron chi connectivity index (χ4n) is 3.24. The van der Waals surface area contributed by atoms with Gasteiger partial charge in [-0.2, -0.15) is 0 Å². The van der Waals surface area contributed by atoms with Crippen LogP contribution in [-0.2, 0) is 14.3 Å². The van der Waals surface area contributed by atoms with Gasteiger partial charge in [-0.3, -0.25) is 4.79 Å². The summed E-state index contributed by atoms with van der Waals surface area (Å²) < 4.78 is 10.5. The number of methoxy groups -OCH3 is 1. The molecular formula is C15H20N2O3. The molecule has 2 unspecified atom stereocenters. The average molecular weight is 276 g/mol.